The van der Waals surface area contributed by atoms with Gasteiger partial charge >= 0.3 is 0 Å². The number of anilines is 1. The third-order valence-corrected chi connectivity index (χ3v) is 8.58. The number of hydrogen-bond acceptors (Lipinski definition) is 4. The molecule has 0 spiro atoms. The quantitative estimate of drug-likeness (QED) is 0.860. The maximum Gasteiger partial charge on any atom is 0.250 e. The largest absolute Gasteiger partial charge is 0.542 e. The average Bonchev–Trinajstić information content (AvgIpc) is 2.37. The highest BCUT2D eigenvalue weighted by Crippen LogP contribution is 2.40. The van der Waals surface area contributed by atoms with Crippen LogP contribution < -0.4 is 5.32 Å². The van der Waals surface area contributed by atoms with E-state index in [0.29, 0.717) is 5.95 Å². The van der Waals surface area contributed by atoms with Gasteiger partial charge < -0.3 is 9.74 Å². The molecule has 110 valence electrons. The molecule has 0 aromatic carbocycles. The van der Waals surface area contributed by atoms with Crippen molar-refractivity contribution in [3.63, 3.8) is 0 Å². The van der Waals surface area contributed by atoms with Crippen molar-refractivity contribution in [3.8, 4) is 0 Å². The van der Waals surface area contributed by atoms with Crippen LogP contribution in [0.3, 0.4) is 0 Å². The summed E-state index contributed by atoms with van der Waals surface area (Å²) in [5.74, 6) is 1.59. The van der Waals surface area contributed by atoms with Gasteiger partial charge in [-0.2, -0.15) is 0 Å². The van der Waals surface area contributed by atoms with Crippen LogP contribution in [0.4, 0.5) is 5.95 Å². The lowest BCUT2D eigenvalue weighted by atomic mass is 10.0. The van der Waals surface area contributed by atoms with Crippen LogP contribution in [0, 0.1) is 0 Å². The summed E-state index contributed by atoms with van der Waals surface area (Å²) < 4.78 is 6.45. The number of aromatic nitrogens is 2. The fraction of sp³-hybridized carbons (Fsp3) is 0.600. The predicted octanol–water partition coefficient (Wildman–Crippen LogP) is 3.83. The Morgan fingerprint density at radius 2 is 2.00 bits per heavy atom. The lowest BCUT2D eigenvalue weighted by Crippen LogP contribution is -2.40. The summed E-state index contributed by atoms with van der Waals surface area (Å²) in [4.78, 5) is 8.88. The van der Waals surface area contributed by atoms with Crippen LogP contribution in [-0.4, -0.2) is 25.3 Å². The third-order valence-electron chi connectivity index (χ3n) is 4.24. The second kappa shape index (κ2) is 5.20. The second-order valence-corrected chi connectivity index (χ2v) is 11.5. The van der Waals surface area contributed by atoms with Crippen molar-refractivity contribution in [1.29, 1.82) is 0 Å². The molecule has 0 unspecified atom stereocenters. The Morgan fingerprint density at radius 1 is 1.30 bits per heavy atom. The summed E-state index contributed by atoms with van der Waals surface area (Å²) in [5.41, 5.74) is 2.14. The first kappa shape index (κ1) is 15.0. The zero-order valence-electron chi connectivity index (χ0n) is 13.4. The zero-order valence-corrected chi connectivity index (χ0v) is 14.4. The van der Waals surface area contributed by atoms with E-state index in [4.69, 9.17) is 4.43 Å². The molecule has 0 radical (unpaired) electrons. The SMILES string of the molecule is CNc1ncc2c(n1)C(O[Si](C)(C)C(C)(C)C)=CCC2. The van der Waals surface area contributed by atoms with Gasteiger partial charge in [0, 0.05) is 18.8 Å². The maximum atomic E-state index is 6.45. The number of hydrogen-bond donors (Lipinski definition) is 1. The molecule has 1 aromatic rings. The number of fused-ring (bicyclic) bond motifs is 1. The van der Waals surface area contributed by atoms with Crippen LogP contribution >= 0.6 is 0 Å². The minimum absolute atomic E-state index is 0.185. The van der Waals surface area contributed by atoms with Crippen molar-refractivity contribution in [1.82, 2.24) is 9.97 Å². The first-order valence-electron chi connectivity index (χ1n) is 7.18. The number of allylic oxidation sites excluding steroid dienone is 1. The Hall–Kier alpha value is -1.36. The van der Waals surface area contributed by atoms with Crippen LogP contribution in [0.2, 0.25) is 18.1 Å². The molecule has 2 rings (SSSR count). The fourth-order valence-electron chi connectivity index (χ4n) is 1.90. The van der Waals surface area contributed by atoms with Crippen molar-refractivity contribution < 1.29 is 4.43 Å². The Balaban J connectivity index is 2.34. The number of aryl methyl sites for hydroxylation is 1. The molecule has 1 N–H and O–H groups in total. The zero-order chi connectivity index (χ0) is 15.0. The highest BCUT2D eigenvalue weighted by Gasteiger charge is 2.40. The van der Waals surface area contributed by atoms with E-state index < -0.39 is 8.32 Å². The van der Waals surface area contributed by atoms with Crippen molar-refractivity contribution >= 4 is 20.0 Å². The van der Waals surface area contributed by atoms with Crippen molar-refractivity contribution in [2.24, 2.45) is 0 Å². The summed E-state index contributed by atoms with van der Waals surface area (Å²) in [6, 6.07) is 0. The van der Waals surface area contributed by atoms with E-state index in [0.717, 1.165) is 24.3 Å². The second-order valence-electron chi connectivity index (χ2n) is 6.79. The molecule has 0 saturated heterocycles. The highest BCUT2D eigenvalue weighted by atomic mass is 28.4. The van der Waals surface area contributed by atoms with Crippen molar-refractivity contribution in [2.45, 2.75) is 51.7 Å². The number of rotatable bonds is 3. The number of nitrogens with zero attached hydrogens (tertiary/aromatic N) is 2. The molecule has 1 aliphatic carbocycles. The van der Waals surface area contributed by atoms with Gasteiger partial charge in [-0.3, -0.25) is 0 Å². The molecule has 5 heteroatoms. The first-order valence-corrected chi connectivity index (χ1v) is 10.1. The van der Waals surface area contributed by atoms with Gasteiger partial charge in [0.2, 0.25) is 5.95 Å². The van der Waals surface area contributed by atoms with Crippen molar-refractivity contribution in [2.75, 3.05) is 12.4 Å². The monoisotopic (exact) mass is 291 g/mol. The summed E-state index contributed by atoms with van der Waals surface area (Å²) in [6.07, 6.45) is 6.08. The van der Waals surface area contributed by atoms with Crippen molar-refractivity contribution in [3.05, 3.63) is 23.5 Å². The molecule has 0 saturated carbocycles. The van der Waals surface area contributed by atoms with Crippen LogP contribution in [0.1, 0.15) is 38.4 Å². The van der Waals surface area contributed by atoms with E-state index in [2.05, 4.69) is 55.2 Å². The summed E-state index contributed by atoms with van der Waals surface area (Å²) in [6.45, 7) is 11.3. The smallest absolute Gasteiger partial charge is 0.250 e. The van der Waals surface area contributed by atoms with Crippen LogP contribution in [0.5, 0.6) is 0 Å². The third kappa shape index (κ3) is 2.87. The topological polar surface area (TPSA) is 47.0 Å². The van der Waals surface area contributed by atoms with E-state index in [1.807, 2.05) is 13.2 Å². The molecule has 4 nitrogen and oxygen atoms in total. The van der Waals surface area contributed by atoms with E-state index in [1.54, 1.807) is 0 Å². The lowest BCUT2D eigenvalue weighted by Gasteiger charge is -2.38. The molecule has 0 bridgehead atoms. The standard InChI is InChI=1S/C15H25N3OSi/c1-15(2,3)20(5,6)19-12-9-7-8-11-10-17-14(16-4)18-13(11)12/h9-10H,7-8H2,1-6H3,(H,16,17,18). The molecule has 0 fully saturated rings. The highest BCUT2D eigenvalue weighted by molar-refractivity contribution is 6.74. The molecule has 20 heavy (non-hydrogen) atoms. The maximum absolute atomic E-state index is 6.45. The Labute approximate surface area is 122 Å². The van der Waals surface area contributed by atoms with E-state index >= 15 is 0 Å². The van der Waals surface area contributed by atoms with Gasteiger partial charge in [0.15, 0.2) is 0 Å². The van der Waals surface area contributed by atoms with Crippen LogP contribution in [0.15, 0.2) is 12.3 Å². The Kier molecular flexibility index (Phi) is 3.91. The van der Waals surface area contributed by atoms with Gasteiger partial charge in [0.25, 0.3) is 8.32 Å². The average molecular weight is 291 g/mol. The number of nitrogens with one attached hydrogen (secondary N) is 1. The molecular formula is C15H25N3OSi. The van der Waals surface area contributed by atoms with Gasteiger partial charge in [0.05, 0.1) is 0 Å². The van der Waals surface area contributed by atoms with E-state index in [-0.39, 0.29) is 5.04 Å². The first-order chi connectivity index (χ1) is 9.24. The van der Waals surface area contributed by atoms with E-state index in [9.17, 15) is 0 Å². The summed E-state index contributed by atoms with van der Waals surface area (Å²) in [7, 11) is -0.00151. The summed E-state index contributed by atoms with van der Waals surface area (Å²) >= 11 is 0. The molecular weight excluding hydrogens is 266 g/mol. The van der Waals surface area contributed by atoms with Crippen LogP contribution in [-0.2, 0) is 10.8 Å². The molecule has 1 aliphatic rings. The minimum Gasteiger partial charge on any atom is -0.542 e. The molecule has 1 heterocycles. The summed E-state index contributed by atoms with van der Waals surface area (Å²) in [5, 5.41) is 3.18. The van der Waals surface area contributed by atoms with Crippen LogP contribution in [0.25, 0.3) is 5.76 Å². The molecule has 0 aliphatic heterocycles. The van der Waals surface area contributed by atoms with Gasteiger partial charge in [-0.1, -0.05) is 20.8 Å². The minimum atomic E-state index is -1.84. The van der Waals surface area contributed by atoms with Gasteiger partial charge in [-0.15, -0.1) is 0 Å². The fourth-order valence-corrected chi connectivity index (χ4v) is 2.93. The van der Waals surface area contributed by atoms with Gasteiger partial charge in [-0.05, 0) is 37.0 Å². The van der Waals surface area contributed by atoms with Gasteiger partial charge in [-0.25, -0.2) is 9.97 Å². The normalized spacial score (nSPS) is 15.4. The van der Waals surface area contributed by atoms with E-state index in [1.165, 1.54) is 5.56 Å². The lowest BCUT2D eigenvalue weighted by molar-refractivity contribution is 0.451. The Bertz CT molecular complexity index is 532. The molecule has 1 aromatic heterocycles. The molecule has 0 atom stereocenters. The van der Waals surface area contributed by atoms with Gasteiger partial charge in [0.1, 0.15) is 11.5 Å². The molecule has 0 amide bonds. The predicted molar refractivity (Wildman–Crippen MR) is 86.2 cm³/mol. The Morgan fingerprint density at radius 3 is 2.60 bits per heavy atom.